The van der Waals surface area contributed by atoms with Crippen molar-refractivity contribution in [1.82, 2.24) is 14.6 Å². The number of hydrogen-bond acceptors (Lipinski definition) is 4. The van der Waals surface area contributed by atoms with Gasteiger partial charge in [0.25, 0.3) is 5.56 Å². The van der Waals surface area contributed by atoms with Crippen molar-refractivity contribution in [1.29, 1.82) is 0 Å². The molecule has 0 atom stereocenters. The molecule has 0 radical (unpaired) electrons. The van der Waals surface area contributed by atoms with E-state index in [0.717, 1.165) is 10.9 Å². The molecular formula is C6H6FN5O. The van der Waals surface area contributed by atoms with Gasteiger partial charge in [-0.2, -0.15) is 4.98 Å². The van der Waals surface area contributed by atoms with Gasteiger partial charge in [0.1, 0.15) is 5.39 Å². The van der Waals surface area contributed by atoms with E-state index in [1.165, 1.54) is 0 Å². The van der Waals surface area contributed by atoms with Crippen molar-refractivity contribution in [3.63, 3.8) is 0 Å². The standard InChI is InChI=1S/C6H6FN5O/c7-2-1-12(9)4-3(2)5(13)11-6(8)10-4/h1H,9H2,(H3,8,10,11,13). The fraction of sp³-hybridized carbons (Fsp3) is 0. The molecule has 0 aliphatic rings. The summed E-state index contributed by atoms with van der Waals surface area (Å²) in [7, 11) is 0. The van der Waals surface area contributed by atoms with Crippen molar-refractivity contribution in [3.8, 4) is 0 Å². The fourth-order valence-corrected chi connectivity index (χ4v) is 1.13. The van der Waals surface area contributed by atoms with Gasteiger partial charge in [-0.3, -0.25) is 9.78 Å². The molecule has 2 aromatic heterocycles. The molecule has 0 bridgehead atoms. The zero-order valence-corrected chi connectivity index (χ0v) is 6.41. The van der Waals surface area contributed by atoms with E-state index in [4.69, 9.17) is 11.6 Å². The highest BCUT2D eigenvalue weighted by atomic mass is 19.1. The molecule has 2 aromatic rings. The maximum absolute atomic E-state index is 13.0. The first-order valence-corrected chi connectivity index (χ1v) is 3.41. The van der Waals surface area contributed by atoms with Crippen LogP contribution >= 0.6 is 0 Å². The lowest BCUT2D eigenvalue weighted by Crippen LogP contribution is -2.14. The molecule has 0 spiro atoms. The van der Waals surface area contributed by atoms with E-state index in [9.17, 15) is 9.18 Å². The van der Waals surface area contributed by atoms with Crippen molar-refractivity contribution >= 4 is 17.0 Å². The Morgan fingerprint density at radius 2 is 2.31 bits per heavy atom. The molecule has 68 valence electrons. The number of H-pyrrole nitrogens is 1. The normalized spacial score (nSPS) is 10.8. The van der Waals surface area contributed by atoms with Gasteiger partial charge in [0.15, 0.2) is 11.5 Å². The molecule has 0 saturated heterocycles. The zero-order valence-electron chi connectivity index (χ0n) is 6.41. The summed E-state index contributed by atoms with van der Waals surface area (Å²) in [4.78, 5) is 17.0. The highest BCUT2D eigenvalue weighted by Gasteiger charge is 2.12. The molecule has 2 rings (SSSR count). The van der Waals surface area contributed by atoms with E-state index >= 15 is 0 Å². The number of nitrogen functional groups attached to an aromatic ring is 2. The lowest BCUT2D eigenvalue weighted by molar-refractivity contribution is 0.634. The minimum atomic E-state index is -0.716. The summed E-state index contributed by atoms with van der Waals surface area (Å²) >= 11 is 0. The summed E-state index contributed by atoms with van der Waals surface area (Å²) < 4.78 is 13.9. The smallest absolute Gasteiger partial charge is 0.264 e. The molecule has 2 heterocycles. The second-order valence-electron chi connectivity index (χ2n) is 2.53. The first-order chi connectivity index (χ1) is 6.09. The SMILES string of the molecule is Nc1nc2c(c(F)cn2N)c(=O)[nH]1. The third-order valence-corrected chi connectivity index (χ3v) is 1.65. The van der Waals surface area contributed by atoms with Gasteiger partial charge in [-0.05, 0) is 0 Å². The van der Waals surface area contributed by atoms with E-state index in [1.54, 1.807) is 0 Å². The van der Waals surface area contributed by atoms with Gasteiger partial charge in [-0.15, -0.1) is 0 Å². The van der Waals surface area contributed by atoms with Crippen molar-refractivity contribution < 1.29 is 4.39 Å². The number of fused-ring (bicyclic) bond motifs is 1. The van der Waals surface area contributed by atoms with Gasteiger partial charge in [0.2, 0.25) is 5.95 Å². The lowest BCUT2D eigenvalue weighted by atomic mass is 10.4. The monoisotopic (exact) mass is 183 g/mol. The maximum atomic E-state index is 13.0. The number of anilines is 1. The first-order valence-electron chi connectivity index (χ1n) is 3.41. The van der Waals surface area contributed by atoms with Gasteiger partial charge in [-0.25, -0.2) is 9.07 Å². The predicted octanol–water partition coefficient (Wildman–Crippen LogP) is -0.840. The van der Waals surface area contributed by atoms with Crippen LogP contribution in [0.4, 0.5) is 10.3 Å². The molecule has 0 saturated carbocycles. The zero-order chi connectivity index (χ0) is 9.59. The Bertz CT molecular complexity index is 528. The minimum Gasteiger partial charge on any atom is -0.369 e. The maximum Gasteiger partial charge on any atom is 0.264 e. The summed E-state index contributed by atoms with van der Waals surface area (Å²) in [5.41, 5.74) is 4.64. The molecule has 5 N–H and O–H groups in total. The van der Waals surface area contributed by atoms with Crippen LogP contribution in [0.5, 0.6) is 0 Å². The molecule has 0 fully saturated rings. The highest BCUT2D eigenvalue weighted by molar-refractivity contribution is 5.76. The Balaban J connectivity index is 3.06. The molecule has 7 heteroatoms. The van der Waals surface area contributed by atoms with E-state index in [-0.39, 0.29) is 17.0 Å². The van der Waals surface area contributed by atoms with Crippen LogP contribution in [0, 0.1) is 5.82 Å². The average Bonchev–Trinajstić information content (AvgIpc) is 2.27. The molecule has 0 unspecified atom stereocenters. The van der Waals surface area contributed by atoms with Crippen LogP contribution in [0.25, 0.3) is 11.0 Å². The first kappa shape index (κ1) is 7.59. The summed E-state index contributed by atoms with van der Waals surface area (Å²) in [6.07, 6.45) is 0.965. The molecule has 0 aromatic carbocycles. The Labute approximate surface area is 70.9 Å². The van der Waals surface area contributed by atoms with Crippen LogP contribution in [0.1, 0.15) is 0 Å². The number of hydrogen-bond donors (Lipinski definition) is 3. The van der Waals surface area contributed by atoms with Crippen LogP contribution in [-0.2, 0) is 0 Å². The largest absolute Gasteiger partial charge is 0.369 e. The van der Waals surface area contributed by atoms with Crippen molar-refractivity contribution in [2.75, 3.05) is 11.6 Å². The Morgan fingerprint density at radius 1 is 1.62 bits per heavy atom. The molecule has 0 aliphatic carbocycles. The number of nitrogens with two attached hydrogens (primary N) is 2. The number of rotatable bonds is 0. The topological polar surface area (TPSA) is 103 Å². The lowest BCUT2D eigenvalue weighted by Gasteiger charge is -1.95. The Morgan fingerprint density at radius 3 is 3.00 bits per heavy atom. The van der Waals surface area contributed by atoms with Gasteiger partial charge < -0.3 is 11.6 Å². The van der Waals surface area contributed by atoms with Crippen LogP contribution in [-0.4, -0.2) is 14.6 Å². The molecule has 13 heavy (non-hydrogen) atoms. The molecule has 0 amide bonds. The summed E-state index contributed by atoms with van der Waals surface area (Å²) in [6.45, 7) is 0. The molecular weight excluding hydrogens is 177 g/mol. The van der Waals surface area contributed by atoms with E-state index in [0.29, 0.717) is 0 Å². The second kappa shape index (κ2) is 2.22. The Kier molecular flexibility index (Phi) is 1.30. The molecule has 0 aliphatic heterocycles. The van der Waals surface area contributed by atoms with Crippen LogP contribution in [0.15, 0.2) is 11.0 Å². The fourth-order valence-electron chi connectivity index (χ4n) is 1.13. The van der Waals surface area contributed by atoms with Gasteiger partial charge >= 0.3 is 0 Å². The average molecular weight is 183 g/mol. The van der Waals surface area contributed by atoms with Crippen molar-refractivity contribution in [2.45, 2.75) is 0 Å². The van der Waals surface area contributed by atoms with E-state index < -0.39 is 11.4 Å². The van der Waals surface area contributed by atoms with E-state index in [1.807, 2.05) is 0 Å². The number of halogens is 1. The van der Waals surface area contributed by atoms with Crippen molar-refractivity contribution in [2.24, 2.45) is 0 Å². The molecule has 6 nitrogen and oxygen atoms in total. The van der Waals surface area contributed by atoms with E-state index in [2.05, 4.69) is 9.97 Å². The van der Waals surface area contributed by atoms with Crippen LogP contribution in [0.2, 0.25) is 0 Å². The number of aromatic amines is 1. The predicted molar refractivity (Wildman–Crippen MR) is 44.9 cm³/mol. The van der Waals surface area contributed by atoms with Crippen LogP contribution < -0.4 is 17.1 Å². The van der Waals surface area contributed by atoms with Crippen molar-refractivity contribution in [3.05, 3.63) is 22.4 Å². The number of nitrogens with zero attached hydrogens (tertiary/aromatic N) is 2. The number of aromatic nitrogens is 3. The van der Waals surface area contributed by atoms with Crippen LogP contribution in [0.3, 0.4) is 0 Å². The Hall–Kier alpha value is -2.05. The third-order valence-electron chi connectivity index (χ3n) is 1.65. The quantitative estimate of drug-likeness (QED) is 0.463. The summed E-state index contributed by atoms with van der Waals surface area (Å²) in [6, 6.07) is 0. The second-order valence-corrected chi connectivity index (χ2v) is 2.53. The highest BCUT2D eigenvalue weighted by Crippen LogP contribution is 2.11. The minimum absolute atomic E-state index is 0.0266. The third kappa shape index (κ3) is 0.934. The van der Waals surface area contributed by atoms with Gasteiger partial charge in [0.05, 0.1) is 6.20 Å². The van der Waals surface area contributed by atoms with Gasteiger partial charge in [-0.1, -0.05) is 0 Å². The van der Waals surface area contributed by atoms with Gasteiger partial charge in [0, 0.05) is 0 Å². The number of nitrogens with one attached hydrogen (secondary N) is 1. The summed E-state index contributed by atoms with van der Waals surface area (Å²) in [5, 5.41) is -0.184. The summed E-state index contributed by atoms with van der Waals surface area (Å²) in [5.74, 6) is 4.51.